The summed E-state index contributed by atoms with van der Waals surface area (Å²) in [7, 11) is 6.22. The van der Waals surface area contributed by atoms with Gasteiger partial charge in [0, 0.05) is 26.7 Å². The monoisotopic (exact) mass is 315 g/mol. The SMILES string of the molecule is CN(Cc1cnnn1C)C[C@@H]1OCCN(C)[C@H]1c1ccccc1. The number of ether oxygens (including phenoxy) is 1. The highest BCUT2D eigenvalue weighted by Gasteiger charge is 2.32. The van der Waals surface area contributed by atoms with E-state index in [-0.39, 0.29) is 12.1 Å². The highest BCUT2D eigenvalue weighted by molar-refractivity contribution is 5.21. The average Bonchev–Trinajstić information content (AvgIpc) is 2.93. The Morgan fingerprint density at radius 3 is 2.74 bits per heavy atom. The van der Waals surface area contributed by atoms with Crippen LogP contribution in [-0.4, -0.2) is 64.7 Å². The lowest BCUT2D eigenvalue weighted by atomic mass is 9.98. The van der Waals surface area contributed by atoms with Crippen molar-refractivity contribution < 1.29 is 4.74 Å². The van der Waals surface area contributed by atoms with Crippen LogP contribution in [0.2, 0.25) is 0 Å². The first-order valence-corrected chi connectivity index (χ1v) is 8.04. The molecular formula is C17H25N5O. The molecule has 6 nitrogen and oxygen atoms in total. The van der Waals surface area contributed by atoms with E-state index in [9.17, 15) is 0 Å². The van der Waals surface area contributed by atoms with Crippen LogP contribution < -0.4 is 0 Å². The first kappa shape index (κ1) is 16.1. The van der Waals surface area contributed by atoms with Crippen LogP contribution in [0, 0.1) is 0 Å². The largest absolute Gasteiger partial charge is 0.374 e. The predicted octanol–water partition coefficient (Wildman–Crippen LogP) is 1.32. The first-order valence-electron chi connectivity index (χ1n) is 8.04. The fourth-order valence-electron chi connectivity index (χ4n) is 3.24. The van der Waals surface area contributed by atoms with Crippen LogP contribution in [0.25, 0.3) is 0 Å². The van der Waals surface area contributed by atoms with Gasteiger partial charge in [-0.15, -0.1) is 5.10 Å². The van der Waals surface area contributed by atoms with E-state index in [0.29, 0.717) is 0 Å². The Balaban J connectivity index is 1.70. The molecule has 0 amide bonds. The number of hydrogen-bond donors (Lipinski definition) is 0. The van der Waals surface area contributed by atoms with Crippen LogP contribution in [0.1, 0.15) is 17.3 Å². The minimum Gasteiger partial charge on any atom is -0.374 e. The number of morpholine rings is 1. The topological polar surface area (TPSA) is 46.4 Å². The zero-order chi connectivity index (χ0) is 16.2. The second-order valence-corrected chi connectivity index (χ2v) is 6.29. The van der Waals surface area contributed by atoms with E-state index in [1.54, 1.807) is 0 Å². The third-order valence-electron chi connectivity index (χ3n) is 4.48. The molecule has 23 heavy (non-hydrogen) atoms. The number of hydrogen-bond acceptors (Lipinski definition) is 5. The number of benzene rings is 1. The highest BCUT2D eigenvalue weighted by atomic mass is 16.5. The van der Waals surface area contributed by atoms with Gasteiger partial charge in [-0.05, 0) is 19.7 Å². The van der Waals surface area contributed by atoms with E-state index >= 15 is 0 Å². The van der Waals surface area contributed by atoms with Crippen molar-refractivity contribution in [3.8, 4) is 0 Å². The number of aryl methyl sites for hydroxylation is 1. The van der Waals surface area contributed by atoms with Gasteiger partial charge in [0.1, 0.15) is 0 Å². The smallest absolute Gasteiger partial charge is 0.0898 e. The molecule has 1 saturated heterocycles. The molecule has 0 bridgehead atoms. The van der Waals surface area contributed by atoms with Gasteiger partial charge in [0.15, 0.2) is 0 Å². The van der Waals surface area contributed by atoms with Crippen molar-refractivity contribution in [2.24, 2.45) is 7.05 Å². The number of likely N-dealkylation sites (N-methyl/N-ethyl adjacent to an activating group) is 2. The van der Waals surface area contributed by atoms with Crippen molar-refractivity contribution in [2.45, 2.75) is 18.7 Å². The molecule has 0 saturated carbocycles. The third kappa shape index (κ3) is 3.77. The predicted molar refractivity (Wildman–Crippen MR) is 88.9 cm³/mol. The van der Waals surface area contributed by atoms with Gasteiger partial charge in [0.25, 0.3) is 0 Å². The summed E-state index contributed by atoms with van der Waals surface area (Å²) in [6.07, 6.45) is 1.97. The second-order valence-electron chi connectivity index (χ2n) is 6.29. The van der Waals surface area contributed by atoms with E-state index in [1.807, 2.05) is 17.9 Å². The quantitative estimate of drug-likeness (QED) is 0.833. The van der Waals surface area contributed by atoms with Crippen molar-refractivity contribution in [2.75, 3.05) is 33.8 Å². The van der Waals surface area contributed by atoms with Crippen LogP contribution in [0.4, 0.5) is 0 Å². The van der Waals surface area contributed by atoms with Gasteiger partial charge in [-0.3, -0.25) is 14.5 Å². The third-order valence-corrected chi connectivity index (χ3v) is 4.48. The van der Waals surface area contributed by atoms with Gasteiger partial charge < -0.3 is 4.74 Å². The van der Waals surface area contributed by atoms with Gasteiger partial charge in [-0.1, -0.05) is 35.5 Å². The fraction of sp³-hybridized carbons (Fsp3) is 0.529. The number of rotatable bonds is 5. The Bertz CT molecular complexity index is 614. The summed E-state index contributed by atoms with van der Waals surface area (Å²) in [5, 5.41) is 7.93. The Morgan fingerprint density at radius 1 is 1.26 bits per heavy atom. The van der Waals surface area contributed by atoms with Crippen LogP contribution in [0.15, 0.2) is 36.5 Å². The van der Waals surface area contributed by atoms with Crippen LogP contribution >= 0.6 is 0 Å². The molecule has 6 heteroatoms. The Morgan fingerprint density at radius 2 is 2.04 bits per heavy atom. The zero-order valence-corrected chi connectivity index (χ0v) is 14.1. The molecule has 1 aliphatic heterocycles. The highest BCUT2D eigenvalue weighted by Crippen LogP contribution is 2.28. The molecule has 1 fully saturated rings. The van der Waals surface area contributed by atoms with E-state index < -0.39 is 0 Å². The molecule has 0 aliphatic carbocycles. The maximum atomic E-state index is 6.11. The molecule has 0 N–H and O–H groups in total. The maximum Gasteiger partial charge on any atom is 0.0898 e. The Labute approximate surface area is 137 Å². The second kappa shape index (κ2) is 7.21. The molecule has 2 heterocycles. The normalized spacial score (nSPS) is 22.6. The van der Waals surface area contributed by atoms with Gasteiger partial charge in [-0.2, -0.15) is 0 Å². The summed E-state index contributed by atoms with van der Waals surface area (Å²) in [4.78, 5) is 4.67. The van der Waals surface area contributed by atoms with Gasteiger partial charge in [0.05, 0.1) is 30.6 Å². The summed E-state index contributed by atoms with van der Waals surface area (Å²) in [5.74, 6) is 0. The lowest BCUT2D eigenvalue weighted by molar-refractivity contribution is -0.0744. The van der Waals surface area contributed by atoms with E-state index in [0.717, 1.165) is 31.9 Å². The minimum absolute atomic E-state index is 0.155. The summed E-state index contributed by atoms with van der Waals surface area (Å²) in [5.41, 5.74) is 2.42. The van der Waals surface area contributed by atoms with Crippen molar-refractivity contribution in [3.05, 3.63) is 47.8 Å². The minimum atomic E-state index is 0.155. The first-order chi connectivity index (χ1) is 11.1. The fourth-order valence-corrected chi connectivity index (χ4v) is 3.24. The lowest BCUT2D eigenvalue weighted by Gasteiger charge is -2.40. The number of aromatic nitrogens is 3. The average molecular weight is 315 g/mol. The van der Waals surface area contributed by atoms with E-state index in [1.165, 1.54) is 5.56 Å². The van der Waals surface area contributed by atoms with Crippen LogP contribution in [-0.2, 0) is 18.3 Å². The molecule has 0 radical (unpaired) electrons. The van der Waals surface area contributed by atoms with E-state index in [2.05, 4.69) is 64.5 Å². The lowest BCUT2D eigenvalue weighted by Crippen LogP contribution is -2.47. The molecule has 1 aromatic heterocycles. The maximum absolute atomic E-state index is 6.11. The summed E-state index contributed by atoms with van der Waals surface area (Å²) in [6.45, 7) is 3.43. The van der Waals surface area contributed by atoms with Crippen molar-refractivity contribution >= 4 is 0 Å². The molecular weight excluding hydrogens is 290 g/mol. The molecule has 0 unspecified atom stereocenters. The summed E-state index contributed by atoms with van der Waals surface area (Å²) in [6, 6.07) is 10.9. The summed E-state index contributed by atoms with van der Waals surface area (Å²) >= 11 is 0. The van der Waals surface area contributed by atoms with Gasteiger partial charge >= 0.3 is 0 Å². The molecule has 2 aromatic rings. The molecule has 3 rings (SSSR count). The standard InChI is InChI=1S/C17H25N5O/c1-20(12-15-11-18-19-22(15)3)13-16-17(21(2)9-10-23-16)14-7-5-4-6-8-14/h4-8,11,16-17H,9-10,12-13H2,1-3H3/t16-,17-/m0/s1. The van der Waals surface area contributed by atoms with Crippen molar-refractivity contribution in [1.29, 1.82) is 0 Å². The molecule has 124 valence electrons. The number of nitrogens with zero attached hydrogens (tertiary/aromatic N) is 5. The Hall–Kier alpha value is -1.76. The van der Waals surface area contributed by atoms with Crippen molar-refractivity contribution in [3.63, 3.8) is 0 Å². The zero-order valence-electron chi connectivity index (χ0n) is 14.1. The van der Waals surface area contributed by atoms with Crippen LogP contribution in [0.5, 0.6) is 0 Å². The molecule has 1 aromatic carbocycles. The Kier molecular flexibility index (Phi) is 5.05. The summed E-state index contributed by atoms with van der Waals surface area (Å²) < 4.78 is 7.93. The molecule has 1 aliphatic rings. The van der Waals surface area contributed by atoms with Crippen molar-refractivity contribution in [1.82, 2.24) is 24.8 Å². The van der Waals surface area contributed by atoms with E-state index in [4.69, 9.17) is 4.74 Å². The molecule has 0 spiro atoms. The van der Waals surface area contributed by atoms with Gasteiger partial charge in [0.2, 0.25) is 0 Å². The van der Waals surface area contributed by atoms with Gasteiger partial charge in [-0.25, -0.2) is 0 Å². The molecule has 2 atom stereocenters. The van der Waals surface area contributed by atoms with Crippen LogP contribution in [0.3, 0.4) is 0 Å².